The average Bonchev–Trinajstić information content (AvgIpc) is 3.08. The van der Waals surface area contributed by atoms with Crippen LogP contribution in [0.2, 0.25) is 0 Å². The van der Waals surface area contributed by atoms with E-state index >= 15 is 0 Å². The molecule has 1 N–H and O–H groups in total. The second-order valence-corrected chi connectivity index (χ2v) is 7.41. The molecule has 1 unspecified atom stereocenters. The fourth-order valence-corrected chi connectivity index (χ4v) is 3.92. The van der Waals surface area contributed by atoms with Crippen molar-refractivity contribution in [2.75, 3.05) is 41.1 Å². The predicted molar refractivity (Wildman–Crippen MR) is 123 cm³/mol. The lowest BCUT2D eigenvalue weighted by molar-refractivity contribution is -0.140. The van der Waals surface area contributed by atoms with Gasteiger partial charge in [0.2, 0.25) is 0 Å². The number of nitrogens with zero attached hydrogens (tertiary/aromatic N) is 1. The predicted octanol–water partition coefficient (Wildman–Crippen LogP) is 3.56. The van der Waals surface area contributed by atoms with Crippen LogP contribution in [0.3, 0.4) is 0 Å². The van der Waals surface area contributed by atoms with E-state index in [1.54, 1.807) is 43.5 Å². The molecule has 1 fully saturated rings. The number of carbonyl (C=O) groups excluding carboxylic acids is 2. The van der Waals surface area contributed by atoms with Crippen molar-refractivity contribution in [2.45, 2.75) is 19.4 Å². The number of rotatable bonds is 10. The van der Waals surface area contributed by atoms with Crippen LogP contribution in [0.25, 0.3) is 5.76 Å². The van der Waals surface area contributed by atoms with Gasteiger partial charge in [-0.25, -0.2) is 0 Å². The Morgan fingerprint density at radius 3 is 2.45 bits per heavy atom. The first-order valence-electron chi connectivity index (χ1n) is 10.7. The summed E-state index contributed by atoms with van der Waals surface area (Å²) >= 11 is 0. The zero-order chi connectivity index (χ0) is 24.0. The topological polar surface area (TPSA) is 94.5 Å². The first-order chi connectivity index (χ1) is 16.0. The summed E-state index contributed by atoms with van der Waals surface area (Å²) in [6, 6.07) is 11.2. The molecule has 0 aromatic heterocycles. The summed E-state index contributed by atoms with van der Waals surface area (Å²) in [7, 11) is 4.57. The van der Waals surface area contributed by atoms with Crippen LogP contribution in [0, 0.1) is 0 Å². The summed E-state index contributed by atoms with van der Waals surface area (Å²) in [6.45, 7) is 3.08. The molecule has 1 saturated heterocycles. The molecule has 0 aliphatic carbocycles. The first kappa shape index (κ1) is 24.1. The quantitative estimate of drug-likeness (QED) is 0.253. The highest BCUT2D eigenvalue weighted by atomic mass is 16.5. The van der Waals surface area contributed by atoms with Gasteiger partial charge >= 0.3 is 0 Å². The Morgan fingerprint density at radius 1 is 1.03 bits per heavy atom. The summed E-state index contributed by atoms with van der Waals surface area (Å²) in [5.41, 5.74) is 1.02. The fourth-order valence-electron chi connectivity index (χ4n) is 3.92. The number of ether oxygens (including phenoxy) is 4. The molecule has 1 aliphatic rings. The van der Waals surface area contributed by atoms with Gasteiger partial charge in [0.15, 0.2) is 11.5 Å². The number of ketones is 1. The van der Waals surface area contributed by atoms with E-state index in [-0.39, 0.29) is 11.3 Å². The average molecular weight is 456 g/mol. The molecular formula is C25H29NO7. The van der Waals surface area contributed by atoms with Gasteiger partial charge in [0.05, 0.1) is 32.4 Å². The molecule has 8 heteroatoms. The van der Waals surface area contributed by atoms with Crippen molar-refractivity contribution < 1.29 is 33.6 Å². The van der Waals surface area contributed by atoms with Crippen molar-refractivity contribution >= 4 is 17.4 Å². The molecular weight excluding hydrogens is 426 g/mol. The van der Waals surface area contributed by atoms with Crippen LogP contribution in [-0.2, 0) is 14.3 Å². The summed E-state index contributed by atoms with van der Waals surface area (Å²) in [5.74, 6) is -0.203. The zero-order valence-electron chi connectivity index (χ0n) is 19.3. The Balaban J connectivity index is 2.15. The lowest BCUT2D eigenvalue weighted by Gasteiger charge is -2.25. The van der Waals surface area contributed by atoms with Gasteiger partial charge in [-0.2, -0.15) is 0 Å². The summed E-state index contributed by atoms with van der Waals surface area (Å²) in [4.78, 5) is 27.6. The number of amides is 1. The lowest BCUT2D eigenvalue weighted by Crippen LogP contribution is -2.31. The maximum atomic E-state index is 13.1. The van der Waals surface area contributed by atoms with Crippen molar-refractivity contribution in [1.82, 2.24) is 4.90 Å². The van der Waals surface area contributed by atoms with Crippen LogP contribution in [0.5, 0.6) is 17.2 Å². The van der Waals surface area contributed by atoms with E-state index in [4.69, 9.17) is 18.9 Å². The van der Waals surface area contributed by atoms with Crippen LogP contribution >= 0.6 is 0 Å². The molecule has 1 aliphatic heterocycles. The second-order valence-electron chi connectivity index (χ2n) is 7.41. The van der Waals surface area contributed by atoms with Crippen molar-refractivity contribution in [2.24, 2.45) is 0 Å². The molecule has 33 heavy (non-hydrogen) atoms. The molecule has 3 rings (SSSR count). The molecule has 0 radical (unpaired) electrons. The molecule has 0 saturated carbocycles. The molecule has 0 bridgehead atoms. The molecule has 1 amide bonds. The van der Waals surface area contributed by atoms with Crippen molar-refractivity contribution in [3.8, 4) is 17.2 Å². The van der Waals surface area contributed by atoms with Gasteiger partial charge in [0.1, 0.15) is 11.5 Å². The number of aliphatic hydroxyl groups is 1. The molecule has 1 atom stereocenters. The van der Waals surface area contributed by atoms with E-state index in [9.17, 15) is 14.7 Å². The highest BCUT2D eigenvalue weighted by Crippen LogP contribution is 2.41. The van der Waals surface area contributed by atoms with Gasteiger partial charge in [0, 0.05) is 25.8 Å². The number of carbonyl (C=O) groups is 2. The summed E-state index contributed by atoms with van der Waals surface area (Å²) in [5, 5.41) is 11.2. The number of benzene rings is 2. The maximum Gasteiger partial charge on any atom is 0.295 e. The van der Waals surface area contributed by atoms with Gasteiger partial charge < -0.3 is 29.0 Å². The number of Topliss-reactive ketones (excluding diaryl/α,β-unsaturated/α-hetero) is 1. The minimum Gasteiger partial charge on any atom is -0.507 e. The Labute approximate surface area is 193 Å². The molecule has 1 heterocycles. The van der Waals surface area contributed by atoms with Gasteiger partial charge in [-0.15, -0.1) is 0 Å². The Kier molecular flexibility index (Phi) is 7.95. The summed E-state index contributed by atoms with van der Waals surface area (Å²) in [6.07, 6.45) is 0.543. The third kappa shape index (κ3) is 4.96. The Hall–Kier alpha value is -3.52. The van der Waals surface area contributed by atoms with Crippen LogP contribution < -0.4 is 14.2 Å². The van der Waals surface area contributed by atoms with Crippen LogP contribution in [0.15, 0.2) is 48.0 Å². The van der Waals surface area contributed by atoms with Gasteiger partial charge in [-0.1, -0.05) is 12.1 Å². The highest BCUT2D eigenvalue weighted by molar-refractivity contribution is 6.46. The lowest BCUT2D eigenvalue weighted by atomic mass is 9.95. The third-order valence-corrected chi connectivity index (χ3v) is 5.43. The van der Waals surface area contributed by atoms with E-state index in [1.165, 1.54) is 19.1 Å². The van der Waals surface area contributed by atoms with Crippen LogP contribution in [0.1, 0.15) is 30.5 Å². The SMILES string of the molecule is CCOc1cccc(C2/C(=C(\O)c3ccc(OC)c(OC)c3)C(=O)C(=O)N2CCCOC)c1. The van der Waals surface area contributed by atoms with E-state index in [0.29, 0.717) is 54.6 Å². The molecule has 8 nitrogen and oxygen atoms in total. The van der Waals surface area contributed by atoms with Crippen molar-refractivity contribution in [3.05, 3.63) is 59.2 Å². The second kappa shape index (κ2) is 10.9. The van der Waals surface area contributed by atoms with Crippen molar-refractivity contribution in [3.63, 3.8) is 0 Å². The monoisotopic (exact) mass is 455 g/mol. The smallest absolute Gasteiger partial charge is 0.295 e. The highest BCUT2D eigenvalue weighted by Gasteiger charge is 2.46. The minimum absolute atomic E-state index is 0.0123. The van der Waals surface area contributed by atoms with Gasteiger partial charge in [-0.3, -0.25) is 9.59 Å². The van der Waals surface area contributed by atoms with E-state index in [1.807, 2.05) is 13.0 Å². The van der Waals surface area contributed by atoms with E-state index in [2.05, 4.69) is 0 Å². The largest absolute Gasteiger partial charge is 0.507 e. The standard InChI is InChI=1S/C25H29NO7/c1-5-33-18-9-6-8-16(14-18)22-21(24(28)25(29)26(22)12-7-13-30-2)23(27)17-10-11-19(31-3)20(15-17)32-4/h6,8-11,14-15,22,27H,5,7,12-13H2,1-4H3/b23-21+. The fraction of sp³-hybridized carbons (Fsp3) is 0.360. The van der Waals surface area contributed by atoms with Crippen molar-refractivity contribution in [1.29, 1.82) is 0 Å². The molecule has 0 spiro atoms. The first-order valence-corrected chi connectivity index (χ1v) is 10.7. The third-order valence-electron chi connectivity index (χ3n) is 5.43. The minimum atomic E-state index is -0.768. The summed E-state index contributed by atoms with van der Waals surface area (Å²) < 4.78 is 21.3. The maximum absolute atomic E-state index is 13.1. The molecule has 176 valence electrons. The number of aliphatic hydroxyl groups excluding tert-OH is 1. The number of likely N-dealkylation sites (tertiary alicyclic amines) is 1. The Morgan fingerprint density at radius 2 is 1.79 bits per heavy atom. The molecule has 2 aromatic carbocycles. The van der Waals surface area contributed by atoms with E-state index < -0.39 is 17.7 Å². The molecule has 2 aromatic rings. The van der Waals surface area contributed by atoms with Crippen LogP contribution in [0.4, 0.5) is 0 Å². The number of hydrogen-bond acceptors (Lipinski definition) is 7. The number of methoxy groups -OCH3 is 3. The van der Waals surface area contributed by atoms with Gasteiger partial charge in [0.25, 0.3) is 11.7 Å². The normalized spacial score (nSPS) is 17.3. The van der Waals surface area contributed by atoms with Crippen LogP contribution in [-0.4, -0.2) is 62.8 Å². The Bertz CT molecular complexity index is 1050. The van der Waals surface area contributed by atoms with E-state index in [0.717, 1.165) is 0 Å². The zero-order valence-corrected chi connectivity index (χ0v) is 19.3. The van der Waals surface area contributed by atoms with Gasteiger partial charge in [-0.05, 0) is 49.2 Å². The number of hydrogen-bond donors (Lipinski definition) is 1.